The summed E-state index contributed by atoms with van der Waals surface area (Å²) in [5, 5.41) is 2.11. The maximum Gasteiger partial charge on any atom is 0.0874 e. The van der Waals surface area contributed by atoms with Gasteiger partial charge in [0.2, 0.25) is 0 Å². The fraction of sp³-hybridized carbons (Fsp3) is 0.100. The van der Waals surface area contributed by atoms with Crippen molar-refractivity contribution in [1.29, 1.82) is 0 Å². The number of rotatable bonds is 0. The first-order valence-corrected chi connectivity index (χ1v) is 5.55. The molecule has 1 aromatic heterocycles. The summed E-state index contributed by atoms with van der Waals surface area (Å²) in [5.74, 6) is 0. The van der Waals surface area contributed by atoms with Crippen LogP contribution in [0.1, 0.15) is 5.56 Å². The van der Waals surface area contributed by atoms with Crippen molar-refractivity contribution < 1.29 is 0 Å². The van der Waals surface area contributed by atoms with Crippen molar-refractivity contribution in [2.75, 3.05) is 0 Å². The number of halogens is 3. The van der Waals surface area contributed by atoms with Gasteiger partial charge in [0.25, 0.3) is 0 Å². The van der Waals surface area contributed by atoms with Crippen molar-refractivity contribution in [2.45, 2.75) is 6.92 Å². The number of aryl methyl sites for hydroxylation is 1. The predicted octanol–water partition coefficient (Wildman–Crippen LogP) is 4.61. The number of nitrogens with zero attached hydrogens (tertiary/aromatic N) is 1. The smallest absolute Gasteiger partial charge is 0.0874 e. The van der Waals surface area contributed by atoms with E-state index in [0.29, 0.717) is 10.0 Å². The minimum Gasteiger partial charge on any atom is -0.255 e. The van der Waals surface area contributed by atoms with Crippen molar-refractivity contribution in [1.82, 2.24) is 4.98 Å². The summed E-state index contributed by atoms with van der Waals surface area (Å²) in [7, 11) is 0. The van der Waals surface area contributed by atoms with E-state index in [1.165, 1.54) is 0 Å². The van der Waals surface area contributed by atoms with Crippen molar-refractivity contribution in [3.05, 3.63) is 38.4 Å². The van der Waals surface area contributed by atoms with Crippen molar-refractivity contribution in [3.63, 3.8) is 0 Å². The van der Waals surface area contributed by atoms with Gasteiger partial charge in [-0.3, -0.25) is 4.98 Å². The zero-order valence-electron chi connectivity index (χ0n) is 7.31. The molecule has 72 valence electrons. The Hall–Kier alpha value is -0.310. The molecule has 0 bridgehead atoms. The van der Waals surface area contributed by atoms with Crippen molar-refractivity contribution in [3.8, 4) is 0 Å². The highest BCUT2D eigenvalue weighted by molar-refractivity contribution is 9.10. The lowest BCUT2D eigenvalue weighted by Crippen LogP contribution is -1.86. The van der Waals surface area contributed by atoms with Gasteiger partial charge in [-0.25, -0.2) is 0 Å². The number of pyridine rings is 1. The SMILES string of the molecule is Cc1cnc2c(Br)ccc(Cl)c2c1Cl. The van der Waals surface area contributed by atoms with E-state index in [2.05, 4.69) is 20.9 Å². The van der Waals surface area contributed by atoms with Gasteiger partial charge < -0.3 is 0 Å². The maximum atomic E-state index is 6.16. The molecule has 0 amide bonds. The van der Waals surface area contributed by atoms with Crippen molar-refractivity contribution >= 4 is 50.0 Å². The van der Waals surface area contributed by atoms with Crippen LogP contribution < -0.4 is 0 Å². The first kappa shape index (κ1) is 10.2. The number of fused-ring (bicyclic) bond motifs is 1. The molecule has 0 spiro atoms. The standard InChI is InChI=1S/C10H6BrCl2N/c1-5-4-14-10-6(11)2-3-7(12)8(10)9(5)13/h2-4H,1H3. The third-order valence-electron chi connectivity index (χ3n) is 2.03. The molecule has 0 N–H and O–H groups in total. The Kier molecular flexibility index (Phi) is 2.69. The molecule has 0 fully saturated rings. The van der Waals surface area contributed by atoms with E-state index in [0.717, 1.165) is 20.9 Å². The van der Waals surface area contributed by atoms with Crippen LogP contribution in [0.25, 0.3) is 10.9 Å². The highest BCUT2D eigenvalue weighted by Gasteiger charge is 2.09. The fourth-order valence-electron chi connectivity index (χ4n) is 1.29. The number of aromatic nitrogens is 1. The Morgan fingerprint density at radius 2 is 2.00 bits per heavy atom. The van der Waals surface area contributed by atoms with Gasteiger partial charge in [0.15, 0.2) is 0 Å². The Labute approximate surface area is 100 Å². The average molecular weight is 291 g/mol. The summed E-state index contributed by atoms with van der Waals surface area (Å²) in [6, 6.07) is 3.67. The largest absolute Gasteiger partial charge is 0.255 e. The van der Waals surface area contributed by atoms with Crippen molar-refractivity contribution in [2.24, 2.45) is 0 Å². The summed E-state index contributed by atoms with van der Waals surface area (Å²) < 4.78 is 0.902. The Balaban J connectivity index is 3.01. The van der Waals surface area contributed by atoms with Gasteiger partial charge in [-0.05, 0) is 40.5 Å². The normalized spacial score (nSPS) is 10.9. The Bertz CT molecular complexity index is 511. The maximum absolute atomic E-state index is 6.16. The lowest BCUT2D eigenvalue weighted by molar-refractivity contribution is 1.33. The minimum absolute atomic E-state index is 0.629. The Morgan fingerprint density at radius 1 is 1.29 bits per heavy atom. The topological polar surface area (TPSA) is 12.9 Å². The first-order chi connectivity index (χ1) is 6.61. The monoisotopic (exact) mass is 289 g/mol. The molecule has 2 rings (SSSR count). The number of hydrogen-bond acceptors (Lipinski definition) is 1. The van der Waals surface area contributed by atoms with E-state index >= 15 is 0 Å². The summed E-state index contributed by atoms with van der Waals surface area (Å²) in [5.41, 5.74) is 1.73. The van der Waals surface area contributed by atoms with Gasteiger partial charge in [-0.15, -0.1) is 0 Å². The van der Waals surface area contributed by atoms with Gasteiger partial charge in [-0.2, -0.15) is 0 Å². The molecule has 1 aromatic carbocycles. The highest BCUT2D eigenvalue weighted by Crippen LogP contribution is 2.34. The van der Waals surface area contributed by atoms with E-state index in [-0.39, 0.29) is 0 Å². The zero-order chi connectivity index (χ0) is 10.3. The second-order valence-corrected chi connectivity index (χ2v) is 4.65. The fourth-order valence-corrected chi connectivity index (χ4v) is 2.26. The molecule has 0 aliphatic carbocycles. The molecular weight excluding hydrogens is 285 g/mol. The van der Waals surface area contributed by atoms with Crippen LogP contribution >= 0.6 is 39.1 Å². The van der Waals surface area contributed by atoms with E-state index in [4.69, 9.17) is 23.2 Å². The molecule has 0 aliphatic rings. The number of benzene rings is 1. The second kappa shape index (κ2) is 3.69. The lowest BCUT2D eigenvalue weighted by atomic mass is 10.2. The quantitative estimate of drug-likeness (QED) is 0.690. The van der Waals surface area contributed by atoms with Crippen LogP contribution in [0.15, 0.2) is 22.8 Å². The minimum atomic E-state index is 0.629. The van der Waals surface area contributed by atoms with Gasteiger partial charge in [0.05, 0.1) is 15.6 Å². The van der Waals surface area contributed by atoms with Gasteiger partial charge in [-0.1, -0.05) is 23.2 Å². The summed E-state index contributed by atoms with van der Waals surface area (Å²) in [4.78, 5) is 4.29. The van der Waals surface area contributed by atoms with Gasteiger partial charge in [0.1, 0.15) is 0 Å². The summed E-state index contributed by atoms with van der Waals surface area (Å²) in [6.07, 6.45) is 1.74. The van der Waals surface area contributed by atoms with Gasteiger partial charge >= 0.3 is 0 Å². The van der Waals surface area contributed by atoms with Crippen LogP contribution in [0.5, 0.6) is 0 Å². The van der Waals surface area contributed by atoms with E-state index in [9.17, 15) is 0 Å². The third-order valence-corrected chi connectivity index (χ3v) is 3.47. The molecule has 14 heavy (non-hydrogen) atoms. The van der Waals surface area contributed by atoms with E-state index in [1.807, 2.05) is 13.0 Å². The molecule has 0 unspecified atom stereocenters. The van der Waals surface area contributed by atoms with E-state index in [1.54, 1.807) is 12.3 Å². The van der Waals surface area contributed by atoms with Crippen LogP contribution in [0, 0.1) is 6.92 Å². The predicted molar refractivity (Wildman–Crippen MR) is 64.2 cm³/mol. The summed E-state index contributed by atoms with van der Waals surface area (Å²) >= 11 is 15.6. The molecule has 0 atom stereocenters. The lowest BCUT2D eigenvalue weighted by Gasteiger charge is -2.06. The molecule has 1 heterocycles. The Morgan fingerprint density at radius 3 is 2.71 bits per heavy atom. The zero-order valence-corrected chi connectivity index (χ0v) is 10.4. The molecule has 0 radical (unpaired) electrons. The van der Waals surface area contributed by atoms with Gasteiger partial charge in [0, 0.05) is 16.1 Å². The van der Waals surface area contributed by atoms with Crippen LogP contribution in [-0.2, 0) is 0 Å². The molecule has 0 aliphatic heterocycles. The van der Waals surface area contributed by atoms with Crippen LogP contribution in [0.3, 0.4) is 0 Å². The molecular formula is C10H6BrCl2N. The average Bonchev–Trinajstić information content (AvgIpc) is 2.16. The summed E-state index contributed by atoms with van der Waals surface area (Å²) in [6.45, 7) is 1.91. The van der Waals surface area contributed by atoms with Crippen LogP contribution in [0.4, 0.5) is 0 Å². The number of hydrogen-bond donors (Lipinski definition) is 0. The third kappa shape index (κ3) is 1.52. The highest BCUT2D eigenvalue weighted by atomic mass is 79.9. The molecule has 1 nitrogen and oxygen atoms in total. The molecule has 0 saturated heterocycles. The molecule has 0 saturated carbocycles. The second-order valence-electron chi connectivity index (χ2n) is 3.01. The van der Waals surface area contributed by atoms with Crippen LogP contribution in [0.2, 0.25) is 10.0 Å². The molecule has 2 aromatic rings. The first-order valence-electron chi connectivity index (χ1n) is 4.00. The van der Waals surface area contributed by atoms with Crippen LogP contribution in [-0.4, -0.2) is 4.98 Å². The molecule has 4 heteroatoms. The van der Waals surface area contributed by atoms with E-state index < -0.39 is 0 Å².